The van der Waals surface area contributed by atoms with Crippen LogP contribution in [-0.2, 0) is 16.6 Å². The Labute approximate surface area is 182 Å². The maximum Gasteiger partial charge on any atom is 0.238 e. The number of aryl methyl sites for hydroxylation is 1. The zero-order valence-electron chi connectivity index (χ0n) is 18.0. The largest absolute Gasteiger partial charge is 0.497 e. The van der Waals surface area contributed by atoms with Gasteiger partial charge >= 0.3 is 0 Å². The lowest BCUT2D eigenvalue weighted by Crippen LogP contribution is -2.24. The number of ether oxygens (including phenoxy) is 2. The van der Waals surface area contributed by atoms with Gasteiger partial charge in [0, 0.05) is 23.4 Å². The molecule has 0 saturated carbocycles. The molecule has 0 bridgehead atoms. The average molecular weight is 445 g/mol. The molecule has 1 aromatic carbocycles. The summed E-state index contributed by atoms with van der Waals surface area (Å²) < 4.78 is 25.3. The van der Waals surface area contributed by atoms with E-state index in [-0.39, 0.29) is 17.5 Å². The second-order valence-corrected chi connectivity index (χ2v) is 8.52. The lowest BCUT2D eigenvalue weighted by atomic mass is 10.1. The molecule has 0 fully saturated rings. The zero-order valence-corrected chi connectivity index (χ0v) is 18.9. The Balaban J connectivity index is 2.10. The van der Waals surface area contributed by atoms with E-state index >= 15 is 0 Å². The molecule has 31 heavy (non-hydrogen) atoms. The van der Waals surface area contributed by atoms with Crippen LogP contribution < -0.4 is 9.47 Å². The van der Waals surface area contributed by atoms with Crippen LogP contribution in [0.4, 0.5) is 0 Å². The highest BCUT2D eigenvalue weighted by Gasteiger charge is 2.26. The fourth-order valence-electron chi connectivity index (χ4n) is 3.35. The van der Waals surface area contributed by atoms with Gasteiger partial charge in [-0.3, -0.25) is 18.6 Å². The Morgan fingerprint density at radius 3 is 2.65 bits per heavy atom. The molecule has 0 aliphatic carbocycles. The summed E-state index contributed by atoms with van der Waals surface area (Å²) in [6.45, 7) is 5.15. The van der Waals surface area contributed by atoms with Crippen LogP contribution in [0.5, 0.6) is 11.5 Å². The molecule has 2 atom stereocenters. The van der Waals surface area contributed by atoms with Gasteiger partial charge in [-0.15, -0.1) is 0 Å². The third-order valence-corrected chi connectivity index (χ3v) is 6.26. The van der Waals surface area contributed by atoms with E-state index in [9.17, 15) is 13.9 Å². The van der Waals surface area contributed by atoms with E-state index in [0.29, 0.717) is 28.2 Å². The SMILES string of the molecule is COc1ccc2c(c1)nc(S(=O)Cc1ncc(C)c(OC)c1C)n2C(=O)C(C)CN=O. The summed E-state index contributed by atoms with van der Waals surface area (Å²) in [5, 5.41) is 2.92. The van der Waals surface area contributed by atoms with E-state index in [1.807, 2.05) is 13.8 Å². The first-order valence-electron chi connectivity index (χ1n) is 9.59. The van der Waals surface area contributed by atoms with Crippen LogP contribution in [0.2, 0.25) is 0 Å². The van der Waals surface area contributed by atoms with Gasteiger partial charge in [-0.2, -0.15) is 4.91 Å². The number of imidazole rings is 1. The van der Waals surface area contributed by atoms with Crippen molar-refractivity contribution in [3.05, 3.63) is 46.1 Å². The quantitative estimate of drug-likeness (QED) is 0.489. The minimum absolute atomic E-state index is 0.0521. The molecule has 10 heteroatoms. The number of benzene rings is 1. The Kier molecular flexibility index (Phi) is 6.79. The maximum atomic E-state index is 13.4. The first-order chi connectivity index (χ1) is 14.8. The minimum atomic E-state index is -1.69. The van der Waals surface area contributed by atoms with Crippen molar-refractivity contribution in [2.45, 2.75) is 31.7 Å². The Bertz CT molecular complexity index is 1170. The standard InChI is InChI=1S/C21H24N4O5S/c1-12-9-22-17(14(3)19(12)30-5)11-31(28)21-24-16-8-15(29-4)6-7-18(16)25(21)20(26)13(2)10-23-27/h6-9,13H,10-11H2,1-5H3. The second-order valence-electron chi connectivity index (χ2n) is 7.17. The number of fused-ring (bicyclic) bond motifs is 1. The molecular formula is C21H24N4O5S. The summed E-state index contributed by atoms with van der Waals surface area (Å²) in [4.78, 5) is 32.6. The first-order valence-corrected chi connectivity index (χ1v) is 10.9. The van der Waals surface area contributed by atoms with Crippen molar-refractivity contribution in [3.63, 3.8) is 0 Å². The predicted octanol–water partition coefficient (Wildman–Crippen LogP) is 3.42. The van der Waals surface area contributed by atoms with Gasteiger partial charge in [0.05, 0.1) is 60.0 Å². The number of nitrogens with zero attached hydrogens (tertiary/aromatic N) is 4. The van der Waals surface area contributed by atoms with E-state index in [4.69, 9.17) is 9.47 Å². The Hall–Kier alpha value is -3.14. The lowest BCUT2D eigenvalue weighted by Gasteiger charge is -2.13. The molecule has 9 nitrogen and oxygen atoms in total. The van der Waals surface area contributed by atoms with Crippen molar-refractivity contribution < 1.29 is 18.5 Å². The van der Waals surface area contributed by atoms with E-state index in [2.05, 4.69) is 15.1 Å². The molecule has 0 N–H and O–H groups in total. The van der Waals surface area contributed by atoms with E-state index < -0.39 is 22.6 Å². The van der Waals surface area contributed by atoms with Gasteiger partial charge in [0.25, 0.3) is 0 Å². The molecule has 0 radical (unpaired) electrons. The van der Waals surface area contributed by atoms with Crippen molar-refractivity contribution >= 4 is 27.7 Å². The van der Waals surface area contributed by atoms with Gasteiger partial charge in [-0.05, 0) is 26.0 Å². The molecule has 164 valence electrons. The van der Waals surface area contributed by atoms with E-state index in [1.165, 1.54) is 11.7 Å². The number of hydrogen-bond acceptors (Lipinski definition) is 8. The van der Waals surface area contributed by atoms with Gasteiger partial charge in [0.2, 0.25) is 11.1 Å². The zero-order chi connectivity index (χ0) is 22.7. The van der Waals surface area contributed by atoms with Crippen molar-refractivity contribution in [2.75, 3.05) is 20.8 Å². The predicted molar refractivity (Wildman–Crippen MR) is 117 cm³/mol. The Morgan fingerprint density at radius 1 is 1.26 bits per heavy atom. The van der Waals surface area contributed by atoms with Crippen LogP contribution >= 0.6 is 0 Å². The number of hydrogen-bond donors (Lipinski definition) is 0. The molecule has 0 amide bonds. The topological polar surface area (TPSA) is 113 Å². The molecule has 2 heterocycles. The summed E-state index contributed by atoms with van der Waals surface area (Å²) in [6, 6.07) is 5.04. The van der Waals surface area contributed by atoms with Gasteiger partial charge in [-0.25, -0.2) is 4.98 Å². The van der Waals surface area contributed by atoms with Gasteiger partial charge in [0.15, 0.2) is 0 Å². The van der Waals surface area contributed by atoms with Crippen LogP contribution in [0, 0.1) is 24.7 Å². The second kappa shape index (κ2) is 9.34. The highest BCUT2D eigenvalue weighted by atomic mass is 32.2. The summed E-state index contributed by atoms with van der Waals surface area (Å²) >= 11 is 0. The maximum absolute atomic E-state index is 13.4. The van der Waals surface area contributed by atoms with Crippen LogP contribution in [0.3, 0.4) is 0 Å². The van der Waals surface area contributed by atoms with Crippen molar-refractivity contribution in [1.29, 1.82) is 0 Å². The molecule has 0 saturated heterocycles. The van der Waals surface area contributed by atoms with Crippen LogP contribution in [0.15, 0.2) is 34.7 Å². The fourth-order valence-corrected chi connectivity index (χ4v) is 4.61. The van der Waals surface area contributed by atoms with Crippen LogP contribution in [0.25, 0.3) is 11.0 Å². The van der Waals surface area contributed by atoms with Gasteiger partial charge < -0.3 is 9.47 Å². The third-order valence-electron chi connectivity index (χ3n) is 5.04. The van der Waals surface area contributed by atoms with Gasteiger partial charge in [0.1, 0.15) is 11.5 Å². The number of methoxy groups -OCH3 is 2. The third kappa shape index (κ3) is 4.34. The number of carbonyl (C=O) groups is 1. The molecule has 0 aliphatic rings. The lowest BCUT2D eigenvalue weighted by molar-refractivity contribution is 0.0843. The number of nitroso groups, excluding NO2 is 1. The molecule has 0 aliphatic heterocycles. The van der Waals surface area contributed by atoms with Crippen molar-refractivity contribution in [1.82, 2.24) is 14.5 Å². The number of carbonyl (C=O) groups excluding carboxylic acids is 1. The molecular weight excluding hydrogens is 420 g/mol. The number of rotatable bonds is 8. The van der Waals surface area contributed by atoms with Gasteiger partial charge in [-0.1, -0.05) is 12.1 Å². The first kappa shape index (κ1) is 22.5. The normalized spacial score (nSPS) is 13.1. The summed E-state index contributed by atoms with van der Waals surface area (Å²) in [7, 11) is 1.41. The summed E-state index contributed by atoms with van der Waals surface area (Å²) in [6.07, 6.45) is 1.66. The summed E-state index contributed by atoms with van der Waals surface area (Å²) in [5.74, 6) is 0.206. The molecule has 3 aromatic rings. The Morgan fingerprint density at radius 2 is 2.00 bits per heavy atom. The van der Waals surface area contributed by atoms with Crippen LogP contribution in [-0.4, -0.2) is 45.4 Å². The average Bonchev–Trinajstić information content (AvgIpc) is 3.14. The van der Waals surface area contributed by atoms with Crippen molar-refractivity contribution in [2.24, 2.45) is 11.1 Å². The highest BCUT2D eigenvalue weighted by molar-refractivity contribution is 7.84. The molecule has 3 rings (SSSR count). The highest BCUT2D eigenvalue weighted by Crippen LogP contribution is 2.28. The minimum Gasteiger partial charge on any atom is -0.497 e. The molecule has 0 spiro atoms. The summed E-state index contributed by atoms with van der Waals surface area (Å²) in [5.41, 5.74) is 3.20. The number of aromatic nitrogens is 3. The van der Waals surface area contributed by atoms with Crippen LogP contribution in [0.1, 0.15) is 28.5 Å². The monoisotopic (exact) mass is 444 g/mol. The molecule has 2 unspecified atom stereocenters. The van der Waals surface area contributed by atoms with Crippen molar-refractivity contribution in [3.8, 4) is 11.5 Å². The van der Waals surface area contributed by atoms with E-state index in [0.717, 1.165) is 11.1 Å². The smallest absolute Gasteiger partial charge is 0.238 e. The van der Waals surface area contributed by atoms with E-state index in [1.54, 1.807) is 38.4 Å². The number of pyridine rings is 1. The fraction of sp³-hybridized carbons (Fsp3) is 0.381. The molecule has 2 aromatic heterocycles.